The lowest BCUT2D eigenvalue weighted by Gasteiger charge is -2.00. The summed E-state index contributed by atoms with van der Waals surface area (Å²) in [4.78, 5) is 12.7. The first kappa shape index (κ1) is 11.6. The number of hydrogen-bond acceptors (Lipinski definition) is 4. The van der Waals surface area contributed by atoms with Gasteiger partial charge < -0.3 is 5.73 Å². The van der Waals surface area contributed by atoms with Crippen LogP contribution in [0, 0.1) is 0 Å². The summed E-state index contributed by atoms with van der Waals surface area (Å²) in [7, 11) is 0. The molecule has 0 fully saturated rings. The van der Waals surface area contributed by atoms with Crippen molar-refractivity contribution < 1.29 is 0 Å². The second-order valence-electron chi connectivity index (χ2n) is 3.26. The van der Waals surface area contributed by atoms with Gasteiger partial charge in [-0.05, 0) is 6.26 Å². The van der Waals surface area contributed by atoms with Crippen molar-refractivity contribution in [3.8, 4) is 11.4 Å². The van der Waals surface area contributed by atoms with Crippen molar-refractivity contribution in [2.24, 2.45) is 10.7 Å². The molecule has 0 atom stereocenters. The zero-order valence-electron chi connectivity index (χ0n) is 9.37. The fourth-order valence-electron chi connectivity index (χ4n) is 1.30. The van der Waals surface area contributed by atoms with Gasteiger partial charge in [-0.3, -0.25) is 0 Å². The van der Waals surface area contributed by atoms with Gasteiger partial charge in [0.2, 0.25) is 0 Å². The Morgan fingerprint density at radius 2 is 2.00 bits per heavy atom. The van der Waals surface area contributed by atoms with Crippen LogP contribution in [0.4, 0.5) is 5.82 Å². The fraction of sp³-hybridized carbons (Fsp3) is 0.0833. The van der Waals surface area contributed by atoms with E-state index < -0.39 is 0 Å². The van der Waals surface area contributed by atoms with Gasteiger partial charge in [-0.25, -0.2) is 15.0 Å². The monoisotopic (exact) mass is 244 g/mol. The number of aliphatic imine (C=N–C) groups is 1. The topological polar surface area (TPSA) is 64.2 Å². The van der Waals surface area contributed by atoms with Crippen molar-refractivity contribution in [3.05, 3.63) is 42.6 Å². The summed E-state index contributed by atoms with van der Waals surface area (Å²) in [5.41, 5.74) is 6.61. The van der Waals surface area contributed by atoms with Gasteiger partial charge >= 0.3 is 0 Å². The summed E-state index contributed by atoms with van der Waals surface area (Å²) < 4.78 is 0. The third-order valence-electron chi connectivity index (χ3n) is 2.11. The highest BCUT2D eigenvalue weighted by molar-refractivity contribution is 8.13. The van der Waals surface area contributed by atoms with E-state index in [9.17, 15) is 0 Å². The predicted octanol–water partition coefficient (Wildman–Crippen LogP) is 2.45. The second kappa shape index (κ2) is 5.45. The smallest absolute Gasteiger partial charge is 0.161 e. The summed E-state index contributed by atoms with van der Waals surface area (Å²) in [6.07, 6.45) is 3.56. The zero-order valence-corrected chi connectivity index (χ0v) is 10.2. The summed E-state index contributed by atoms with van der Waals surface area (Å²) in [5.74, 6) is 1.23. The maximum atomic E-state index is 5.65. The molecule has 1 heterocycles. The highest BCUT2D eigenvalue weighted by Gasteiger charge is 2.01. The van der Waals surface area contributed by atoms with E-state index in [0.717, 1.165) is 5.56 Å². The minimum atomic E-state index is 0.489. The standard InChI is InChI=1S/C12H12N4S/c1-17-12(13)16-10-7-8-14-11(15-10)9-5-3-2-4-6-9/h2-8H,1H3,(H2,13,14,15,16). The number of thioether (sulfide) groups is 1. The Kier molecular flexibility index (Phi) is 3.72. The molecule has 0 saturated heterocycles. The minimum absolute atomic E-state index is 0.489. The van der Waals surface area contributed by atoms with Crippen molar-refractivity contribution >= 4 is 22.7 Å². The van der Waals surface area contributed by atoms with Crippen molar-refractivity contribution in [3.63, 3.8) is 0 Å². The number of hydrogen-bond donors (Lipinski definition) is 1. The van der Waals surface area contributed by atoms with Crippen LogP contribution in [0.25, 0.3) is 11.4 Å². The third-order valence-corrected chi connectivity index (χ3v) is 2.62. The average molecular weight is 244 g/mol. The molecule has 2 rings (SSSR count). The second-order valence-corrected chi connectivity index (χ2v) is 4.09. The summed E-state index contributed by atoms with van der Waals surface area (Å²) >= 11 is 1.39. The van der Waals surface area contributed by atoms with E-state index in [4.69, 9.17) is 5.73 Å². The molecule has 0 spiro atoms. The van der Waals surface area contributed by atoms with Crippen molar-refractivity contribution in [1.82, 2.24) is 9.97 Å². The Hall–Kier alpha value is -1.88. The van der Waals surface area contributed by atoms with Crippen LogP contribution >= 0.6 is 11.8 Å². The molecule has 0 saturated carbocycles. The fourth-order valence-corrected chi connectivity index (χ4v) is 1.48. The molecule has 5 heteroatoms. The third kappa shape index (κ3) is 3.04. The molecule has 2 aromatic rings. The lowest BCUT2D eigenvalue weighted by atomic mass is 10.2. The molecule has 1 aromatic heterocycles. The van der Waals surface area contributed by atoms with Gasteiger partial charge in [0.25, 0.3) is 0 Å². The lowest BCUT2D eigenvalue weighted by molar-refractivity contribution is 1.16. The van der Waals surface area contributed by atoms with Crippen LogP contribution in [0.15, 0.2) is 47.6 Å². The number of amidine groups is 1. The summed E-state index contributed by atoms with van der Waals surface area (Å²) in [6, 6.07) is 11.5. The van der Waals surface area contributed by atoms with Gasteiger partial charge in [0.05, 0.1) is 0 Å². The van der Waals surface area contributed by atoms with Gasteiger partial charge in [-0.2, -0.15) is 0 Å². The van der Waals surface area contributed by atoms with E-state index in [1.807, 2.05) is 36.6 Å². The average Bonchev–Trinajstić information content (AvgIpc) is 2.40. The summed E-state index contributed by atoms with van der Waals surface area (Å²) in [5, 5.41) is 0.489. The molecule has 86 valence electrons. The molecular weight excluding hydrogens is 232 g/mol. The minimum Gasteiger partial charge on any atom is -0.378 e. The number of nitrogens with two attached hydrogens (primary N) is 1. The molecule has 0 amide bonds. The number of nitrogens with zero attached hydrogens (tertiary/aromatic N) is 3. The Morgan fingerprint density at radius 3 is 2.71 bits per heavy atom. The van der Waals surface area contributed by atoms with E-state index in [2.05, 4.69) is 15.0 Å². The molecule has 0 aliphatic heterocycles. The first-order valence-corrected chi connectivity index (χ1v) is 6.28. The largest absolute Gasteiger partial charge is 0.378 e. The van der Waals surface area contributed by atoms with Crippen LogP contribution in [0.5, 0.6) is 0 Å². The van der Waals surface area contributed by atoms with Crippen molar-refractivity contribution in [2.75, 3.05) is 6.26 Å². The first-order chi connectivity index (χ1) is 8.29. The van der Waals surface area contributed by atoms with Crippen LogP contribution in [0.2, 0.25) is 0 Å². The summed E-state index contributed by atoms with van der Waals surface area (Å²) in [6.45, 7) is 0. The maximum absolute atomic E-state index is 5.65. The van der Waals surface area contributed by atoms with E-state index in [1.54, 1.807) is 12.3 Å². The molecule has 0 unspecified atom stereocenters. The predicted molar refractivity (Wildman–Crippen MR) is 72.3 cm³/mol. The molecule has 0 bridgehead atoms. The van der Waals surface area contributed by atoms with Gasteiger partial charge in [-0.15, -0.1) is 0 Å². The Bertz CT molecular complexity index is 525. The molecule has 1 aromatic carbocycles. The quantitative estimate of drug-likeness (QED) is 0.651. The highest BCUT2D eigenvalue weighted by atomic mass is 32.2. The Labute approximate surface area is 104 Å². The van der Waals surface area contributed by atoms with Crippen molar-refractivity contribution in [2.45, 2.75) is 0 Å². The van der Waals surface area contributed by atoms with Crippen LogP contribution in [0.3, 0.4) is 0 Å². The molecule has 2 N–H and O–H groups in total. The molecule has 17 heavy (non-hydrogen) atoms. The van der Waals surface area contributed by atoms with Gasteiger partial charge in [0.15, 0.2) is 16.8 Å². The van der Waals surface area contributed by atoms with Crippen LogP contribution < -0.4 is 5.73 Å². The van der Waals surface area contributed by atoms with Crippen LogP contribution in [-0.2, 0) is 0 Å². The normalized spacial score (nSPS) is 11.5. The SMILES string of the molecule is CSC(N)=Nc1ccnc(-c2ccccc2)n1. The van der Waals surface area contributed by atoms with E-state index in [1.165, 1.54) is 11.8 Å². The first-order valence-electron chi connectivity index (χ1n) is 5.06. The Balaban J connectivity index is 2.36. The van der Waals surface area contributed by atoms with Gasteiger partial charge in [0.1, 0.15) is 0 Å². The van der Waals surface area contributed by atoms with E-state index in [0.29, 0.717) is 16.8 Å². The maximum Gasteiger partial charge on any atom is 0.161 e. The molecule has 0 aliphatic rings. The van der Waals surface area contributed by atoms with Crippen molar-refractivity contribution in [1.29, 1.82) is 0 Å². The molecule has 0 radical (unpaired) electrons. The molecule has 4 nitrogen and oxygen atoms in total. The van der Waals surface area contributed by atoms with E-state index in [-0.39, 0.29) is 0 Å². The molecular formula is C12H12N4S. The van der Waals surface area contributed by atoms with Crippen LogP contribution in [0.1, 0.15) is 0 Å². The zero-order chi connectivity index (χ0) is 12.1. The Morgan fingerprint density at radius 1 is 1.24 bits per heavy atom. The van der Waals surface area contributed by atoms with E-state index >= 15 is 0 Å². The van der Waals surface area contributed by atoms with Crippen LogP contribution in [-0.4, -0.2) is 21.4 Å². The lowest BCUT2D eigenvalue weighted by Crippen LogP contribution is -2.04. The van der Waals surface area contributed by atoms with Gasteiger partial charge in [-0.1, -0.05) is 42.1 Å². The number of aromatic nitrogens is 2. The number of benzene rings is 1. The molecule has 0 aliphatic carbocycles. The highest BCUT2D eigenvalue weighted by Crippen LogP contribution is 2.17. The number of rotatable bonds is 2. The van der Waals surface area contributed by atoms with Gasteiger partial charge in [0, 0.05) is 17.8 Å².